The maximum absolute atomic E-state index is 13.8. The molecule has 0 aromatic heterocycles. The number of benzene rings is 3. The molecule has 5 nitrogen and oxygen atoms in total. The Morgan fingerprint density at radius 1 is 0.944 bits per heavy atom. The summed E-state index contributed by atoms with van der Waals surface area (Å²) in [6.07, 6.45) is 1.01. The van der Waals surface area contributed by atoms with Crippen LogP contribution in [0, 0.1) is 5.82 Å². The van der Waals surface area contributed by atoms with Crippen LogP contribution in [0.15, 0.2) is 76.4 Å². The lowest BCUT2D eigenvalue weighted by atomic mass is 9.78. The van der Waals surface area contributed by atoms with E-state index in [1.807, 2.05) is 50.2 Å². The summed E-state index contributed by atoms with van der Waals surface area (Å²) in [6.45, 7) is 4.86. The summed E-state index contributed by atoms with van der Waals surface area (Å²) in [5.74, 6) is 1.03. The highest BCUT2D eigenvalue weighted by Crippen LogP contribution is 2.46. The third-order valence-corrected chi connectivity index (χ3v) is 7.19. The number of hydrogen-bond acceptors (Lipinski definition) is 5. The number of allylic oxidation sites excluding steroid dienone is 1. The van der Waals surface area contributed by atoms with E-state index in [4.69, 9.17) is 9.47 Å². The van der Waals surface area contributed by atoms with E-state index in [0.29, 0.717) is 43.1 Å². The normalized spacial score (nSPS) is 18.9. The Bertz CT molecular complexity index is 1320. The van der Waals surface area contributed by atoms with Crippen LogP contribution < -0.4 is 20.1 Å². The summed E-state index contributed by atoms with van der Waals surface area (Å²) in [5.41, 5.74) is 5.27. The maximum atomic E-state index is 13.8. The molecule has 0 fully saturated rings. The van der Waals surface area contributed by atoms with Crippen LogP contribution in [-0.4, -0.2) is 19.0 Å². The number of ketones is 1. The van der Waals surface area contributed by atoms with Gasteiger partial charge in [0.2, 0.25) is 0 Å². The number of carbonyl (C=O) groups excluding carboxylic acids is 1. The lowest BCUT2D eigenvalue weighted by Crippen LogP contribution is -2.27. The highest BCUT2D eigenvalue weighted by molar-refractivity contribution is 9.10. The second kappa shape index (κ2) is 10.3. The van der Waals surface area contributed by atoms with E-state index in [-0.39, 0.29) is 23.6 Å². The van der Waals surface area contributed by atoms with Crippen LogP contribution in [0.2, 0.25) is 0 Å². The number of para-hydroxylation sites is 2. The Kier molecular flexibility index (Phi) is 7.01. The van der Waals surface area contributed by atoms with Crippen molar-refractivity contribution >= 4 is 33.1 Å². The molecule has 1 heterocycles. The van der Waals surface area contributed by atoms with Crippen LogP contribution in [0.5, 0.6) is 11.5 Å². The summed E-state index contributed by atoms with van der Waals surface area (Å²) >= 11 is 3.66. The molecule has 0 bridgehead atoms. The Balaban J connectivity index is 1.62. The van der Waals surface area contributed by atoms with Crippen molar-refractivity contribution in [1.82, 2.24) is 0 Å². The second-order valence-electron chi connectivity index (χ2n) is 8.92. The van der Waals surface area contributed by atoms with Crippen LogP contribution in [0.3, 0.4) is 0 Å². The van der Waals surface area contributed by atoms with Crippen LogP contribution in [0.1, 0.15) is 49.8 Å². The van der Waals surface area contributed by atoms with Gasteiger partial charge in [0.05, 0.1) is 35.1 Å². The van der Waals surface area contributed by atoms with Crippen LogP contribution in [0.25, 0.3) is 0 Å². The van der Waals surface area contributed by atoms with Crippen molar-refractivity contribution in [3.8, 4) is 11.5 Å². The molecule has 186 valence electrons. The fraction of sp³-hybridized carbons (Fsp3) is 0.276. The van der Waals surface area contributed by atoms with E-state index < -0.39 is 0 Å². The van der Waals surface area contributed by atoms with Gasteiger partial charge in [-0.3, -0.25) is 4.79 Å². The van der Waals surface area contributed by atoms with Gasteiger partial charge in [0.25, 0.3) is 0 Å². The molecule has 0 saturated heterocycles. The molecule has 7 heteroatoms. The zero-order chi connectivity index (χ0) is 25.2. The SMILES string of the molecule is CCOc1cc(C2Nc3ccccc3NC3=C2C(=O)CC(c2ccc(F)cc2)C3)cc(Br)c1OCC. The van der Waals surface area contributed by atoms with E-state index in [1.54, 1.807) is 12.1 Å². The molecule has 1 aliphatic carbocycles. The molecule has 36 heavy (non-hydrogen) atoms. The average Bonchev–Trinajstić information content (AvgIpc) is 3.03. The molecule has 0 amide bonds. The van der Waals surface area contributed by atoms with Gasteiger partial charge < -0.3 is 20.1 Å². The molecule has 1 aliphatic heterocycles. The number of Topliss-reactive ketones (excluding diaryl/α,β-unsaturated/α-hetero) is 1. The molecule has 0 spiro atoms. The van der Waals surface area contributed by atoms with Gasteiger partial charge in [-0.2, -0.15) is 0 Å². The largest absolute Gasteiger partial charge is 0.490 e. The molecule has 3 aromatic carbocycles. The predicted octanol–water partition coefficient (Wildman–Crippen LogP) is 7.37. The third-order valence-electron chi connectivity index (χ3n) is 6.60. The Morgan fingerprint density at radius 3 is 2.39 bits per heavy atom. The molecule has 0 radical (unpaired) electrons. The molecule has 5 rings (SSSR count). The minimum atomic E-state index is -0.385. The van der Waals surface area contributed by atoms with Crippen molar-refractivity contribution in [3.05, 3.63) is 93.4 Å². The van der Waals surface area contributed by atoms with Crippen LogP contribution in [0.4, 0.5) is 15.8 Å². The molecule has 2 aliphatic rings. The van der Waals surface area contributed by atoms with Crippen molar-refractivity contribution < 1.29 is 18.7 Å². The Hall–Kier alpha value is -3.32. The molecule has 2 unspecified atom stereocenters. The van der Waals surface area contributed by atoms with E-state index in [1.165, 1.54) is 12.1 Å². The fourth-order valence-corrected chi connectivity index (χ4v) is 5.59. The number of anilines is 2. The van der Waals surface area contributed by atoms with E-state index in [0.717, 1.165) is 32.7 Å². The van der Waals surface area contributed by atoms with Gasteiger partial charge in [0.15, 0.2) is 17.3 Å². The molecule has 0 saturated carbocycles. The Labute approximate surface area is 218 Å². The van der Waals surface area contributed by atoms with Crippen molar-refractivity contribution in [2.45, 2.75) is 38.6 Å². The van der Waals surface area contributed by atoms with Gasteiger partial charge in [-0.15, -0.1) is 0 Å². The predicted molar refractivity (Wildman–Crippen MR) is 143 cm³/mol. The van der Waals surface area contributed by atoms with Crippen molar-refractivity contribution in [2.75, 3.05) is 23.8 Å². The van der Waals surface area contributed by atoms with Gasteiger partial charge in [0.1, 0.15) is 5.82 Å². The number of ether oxygens (including phenoxy) is 2. The van der Waals surface area contributed by atoms with Gasteiger partial charge >= 0.3 is 0 Å². The van der Waals surface area contributed by atoms with Gasteiger partial charge in [-0.05, 0) is 89.6 Å². The van der Waals surface area contributed by atoms with E-state index >= 15 is 0 Å². The third kappa shape index (κ3) is 4.72. The van der Waals surface area contributed by atoms with Crippen molar-refractivity contribution in [3.63, 3.8) is 0 Å². The minimum absolute atomic E-state index is 0.0266. The monoisotopic (exact) mass is 550 g/mol. The zero-order valence-electron chi connectivity index (χ0n) is 20.2. The number of carbonyl (C=O) groups is 1. The molecular weight excluding hydrogens is 523 g/mol. The molecular formula is C29H28BrFN2O3. The second-order valence-corrected chi connectivity index (χ2v) is 9.77. The molecule has 2 N–H and O–H groups in total. The minimum Gasteiger partial charge on any atom is -0.490 e. The summed E-state index contributed by atoms with van der Waals surface area (Å²) in [4.78, 5) is 13.8. The number of fused-ring (bicyclic) bond motifs is 1. The number of halogens is 2. The van der Waals surface area contributed by atoms with E-state index in [2.05, 4.69) is 26.6 Å². The maximum Gasteiger partial charge on any atom is 0.175 e. The topological polar surface area (TPSA) is 59.6 Å². The van der Waals surface area contributed by atoms with Crippen LogP contribution in [-0.2, 0) is 4.79 Å². The molecule has 2 atom stereocenters. The number of nitrogens with one attached hydrogen (secondary N) is 2. The van der Waals surface area contributed by atoms with Gasteiger partial charge in [-0.25, -0.2) is 4.39 Å². The summed E-state index contributed by atoms with van der Waals surface area (Å²) in [7, 11) is 0. The van der Waals surface area contributed by atoms with Gasteiger partial charge in [-0.1, -0.05) is 24.3 Å². The molecule has 3 aromatic rings. The van der Waals surface area contributed by atoms with E-state index in [9.17, 15) is 9.18 Å². The smallest absolute Gasteiger partial charge is 0.175 e. The highest BCUT2D eigenvalue weighted by atomic mass is 79.9. The first kappa shape index (κ1) is 24.4. The standard InChI is InChI=1S/C29H28BrFN2O3/c1-3-35-26-16-19(13-21(30)29(26)36-4-2)28-27-24(32-22-7-5-6-8-23(22)33-28)14-18(15-25(27)34)17-9-11-20(31)12-10-17/h5-13,16,18,28,32-33H,3-4,14-15H2,1-2H3. The summed E-state index contributed by atoms with van der Waals surface area (Å²) in [6, 6.07) is 18.0. The zero-order valence-corrected chi connectivity index (χ0v) is 21.8. The average molecular weight is 551 g/mol. The number of rotatable bonds is 6. The van der Waals surface area contributed by atoms with Crippen molar-refractivity contribution in [1.29, 1.82) is 0 Å². The fourth-order valence-electron chi connectivity index (χ4n) is 5.01. The first-order chi connectivity index (χ1) is 17.5. The van der Waals surface area contributed by atoms with Crippen molar-refractivity contribution in [2.24, 2.45) is 0 Å². The van der Waals surface area contributed by atoms with Gasteiger partial charge in [0, 0.05) is 17.7 Å². The lowest BCUT2D eigenvalue weighted by molar-refractivity contribution is -0.116. The summed E-state index contributed by atoms with van der Waals surface area (Å²) < 4.78 is 26.1. The quantitative estimate of drug-likeness (QED) is 0.335. The highest BCUT2D eigenvalue weighted by Gasteiger charge is 2.36. The Morgan fingerprint density at radius 2 is 1.67 bits per heavy atom. The number of hydrogen-bond donors (Lipinski definition) is 2. The lowest BCUT2D eigenvalue weighted by Gasteiger charge is -2.30. The first-order valence-electron chi connectivity index (χ1n) is 12.2. The summed E-state index contributed by atoms with van der Waals surface area (Å²) in [5, 5.41) is 7.15. The first-order valence-corrected chi connectivity index (χ1v) is 13.0. The van der Waals surface area contributed by atoms with Crippen LogP contribution >= 0.6 is 15.9 Å².